The predicted molar refractivity (Wildman–Crippen MR) is 54.9 cm³/mol. The molecule has 0 saturated carbocycles. The van der Waals surface area contributed by atoms with Gasteiger partial charge in [0.25, 0.3) is 0 Å². The second-order valence-electron chi connectivity index (χ2n) is 2.82. The molecule has 0 radical (unpaired) electrons. The summed E-state index contributed by atoms with van der Waals surface area (Å²) in [7, 11) is 0. The first-order valence-electron chi connectivity index (χ1n) is 3.97. The first-order valence-corrected chi connectivity index (χ1v) is 4.38. The van der Waals surface area contributed by atoms with Crippen LogP contribution in [0.2, 0.25) is 0 Å². The third kappa shape index (κ3) is 1.30. The standard InChI is InChI=1S/C10H9NS/c12-9-6-7-11-10(9)8-4-2-1-3-5-8/h1-5,7,10H,6H2. The maximum atomic E-state index is 5.20. The molecule has 1 unspecified atom stereocenters. The molecule has 0 N–H and O–H groups in total. The molecule has 1 nitrogen and oxygen atoms in total. The minimum absolute atomic E-state index is 0.140. The van der Waals surface area contributed by atoms with Crippen LogP contribution in [-0.4, -0.2) is 11.1 Å². The maximum absolute atomic E-state index is 5.20. The molecule has 1 aliphatic heterocycles. The van der Waals surface area contributed by atoms with Gasteiger partial charge in [-0.05, 0) is 5.56 Å². The number of hydrogen-bond donors (Lipinski definition) is 0. The molecule has 1 aromatic carbocycles. The van der Waals surface area contributed by atoms with Crippen molar-refractivity contribution in [3.8, 4) is 0 Å². The summed E-state index contributed by atoms with van der Waals surface area (Å²) >= 11 is 5.20. The van der Waals surface area contributed by atoms with Gasteiger partial charge >= 0.3 is 0 Å². The van der Waals surface area contributed by atoms with Crippen molar-refractivity contribution in [3.05, 3.63) is 35.9 Å². The fourth-order valence-corrected chi connectivity index (χ4v) is 1.62. The number of hydrogen-bond acceptors (Lipinski definition) is 2. The van der Waals surface area contributed by atoms with Crippen molar-refractivity contribution in [3.63, 3.8) is 0 Å². The van der Waals surface area contributed by atoms with Crippen LogP contribution >= 0.6 is 12.2 Å². The highest BCUT2D eigenvalue weighted by Crippen LogP contribution is 2.23. The number of nitrogens with zero attached hydrogens (tertiary/aromatic N) is 1. The van der Waals surface area contributed by atoms with Crippen LogP contribution in [-0.2, 0) is 0 Å². The Morgan fingerprint density at radius 2 is 2.00 bits per heavy atom. The van der Waals surface area contributed by atoms with Crippen molar-refractivity contribution in [1.29, 1.82) is 0 Å². The first kappa shape index (κ1) is 7.62. The first-order chi connectivity index (χ1) is 5.88. The fourth-order valence-electron chi connectivity index (χ4n) is 1.35. The largest absolute Gasteiger partial charge is 0.284 e. The topological polar surface area (TPSA) is 12.4 Å². The van der Waals surface area contributed by atoms with Gasteiger partial charge in [-0.1, -0.05) is 42.5 Å². The van der Waals surface area contributed by atoms with E-state index in [9.17, 15) is 0 Å². The lowest BCUT2D eigenvalue weighted by Gasteiger charge is -2.06. The zero-order valence-corrected chi connectivity index (χ0v) is 7.42. The van der Waals surface area contributed by atoms with E-state index < -0.39 is 0 Å². The number of aliphatic imine (C=N–C) groups is 1. The van der Waals surface area contributed by atoms with Gasteiger partial charge in [-0.25, -0.2) is 0 Å². The molecule has 0 amide bonds. The molecule has 2 heteroatoms. The predicted octanol–water partition coefficient (Wildman–Crippen LogP) is 2.57. The fraction of sp³-hybridized carbons (Fsp3) is 0.200. The molecule has 2 rings (SSSR count). The van der Waals surface area contributed by atoms with Crippen molar-refractivity contribution >= 4 is 23.3 Å². The molecule has 60 valence electrons. The highest BCUT2D eigenvalue weighted by Gasteiger charge is 2.17. The van der Waals surface area contributed by atoms with E-state index >= 15 is 0 Å². The van der Waals surface area contributed by atoms with Crippen molar-refractivity contribution in [1.82, 2.24) is 0 Å². The third-order valence-corrected chi connectivity index (χ3v) is 2.36. The molecule has 0 saturated heterocycles. The minimum Gasteiger partial charge on any atom is -0.284 e. The van der Waals surface area contributed by atoms with Crippen LogP contribution in [0.15, 0.2) is 35.3 Å². The minimum atomic E-state index is 0.140. The zero-order valence-electron chi connectivity index (χ0n) is 6.60. The van der Waals surface area contributed by atoms with E-state index in [2.05, 4.69) is 17.1 Å². The average Bonchev–Trinajstić information content (AvgIpc) is 2.53. The van der Waals surface area contributed by atoms with Crippen LogP contribution in [0.25, 0.3) is 0 Å². The van der Waals surface area contributed by atoms with Gasteiger partial charge in [-0.2, -0.15) is 0 Å². The smallest absolute Gasteiger partial charge is 0.106 e. The van der Waals surface area contributed by atoms with E-state index in [-0.39, 0.29) is 6.04 Å². The summed E-state index contributed by atoms with van der Waals surface area (Å²) in [4.78, 5) is 5.35. The molecule has 0 bridgehead atoms. The Labute approximate surface area is 77.1 Å². The van der Waals surface area contributed by atoms with E-state index in [1.54, 1.807) is 0 Å². The van der Waals surface area contributed by atoms with E-state index in [1.165, 1.54) is 5.56 Å². The van der Waals surface area contributed by atoms with E-state index in [4.69, 9.17) is 12.2 Å². The van der Waals surface area contributed by atoms with Crippen LogP contribution in [0.4, 0.5) is 0 Å². The lowest BCUT2D eigenvalue weighted by molar-refractivity contribution is 1.00. The van der Waals surface area contributed by atoms with Crippen LogP contribution in [0.1, 0.15) is 18.0 Å². The number of thiocarbonyl (C=S) groups is 1. The summed E-state index contributed by atoms with van der Waals surface area (Å²) < 4.78 is 0. The number of rotatable bonds is 1. The van der Waals surface area contributed by atoms with E-state index in [0.29, 0.717) is 0 Å². The summed E-state index contributed by atoms with van der Waals surface area (Å²) in [6, 6.07) is 10.3. The van der Waals surface area contributed by atoms with E-state index in [1.807, 2.05) is 24.4 Å². The Bertz CT molecular complexity index is 316. The summed E-state index contributed by atoms with van der Waals surface area (Å²) in [5.41, 5.74) is 1.20. The summed E-state index contributed by atoms with van der Waals surface area (Å²) in [6.07, 6.45) is 2.76. The molecule has 0 aromatic heterocycles. The van der Waals surface area contributed by atoms with Gasteiger partial charge in [0.05, 0.1) is 0 Å². The molecule has 12 heavy (non-hydrogen) atoms. The molecule has 0 spiro atoms. The van der Waals surface area contributed by atoms with E-state index in [0.717, 1.165) is 11.3 Å². The molecular weight excluding hydrogens is 166 g/mol. The second-order valence-corrected chi connectivity index (χ2v) is 3.34. The van der Waals surface area contributed by atoms with Crippen molar-refractivity contribution in [2.75, 3.05) is 0 Å². The molecule has 1 aliphatic rings. The molecule has 0 fully saturated rings. The normalized spacial score (nSPS) is 21.7. The Balaban J connectivity index is 2.31. The van der Waals surface area contributed by atoms with Crippen LogP contribution in [0.5, 0.6) is 0 Å². The molecule has 0 aliphatic carbocycles. The summed E-state index contributed by atoms with van der Waals surface area (Å²) in [5, 5.41) is 0. The highest BCUT2D eigenvalue weighted by molar-refractivity contribution is 7.80. The van der Waals surface area contributed by atoms with Gasteiger partial charge < -0.3 is 0 Å². The molecule has 1 atom stereocenters. The van der Waals surface area contributed by atoms with Gasteiger partial charge in [-0.3, -0.25) is 4.99 Å². The van der Waals surface area contributed by atoms with Crippen molar-refractivity contribution < 1.29 is 0 Å². The third-order valence-electron chi connectivity index (χ3n) is 1.97. The lowest BCUT2D eigenvalue weighted by Crippen LogP contribution is -2.01. The Hall–Kier alpha value is -1.02. The monoisotopic (exact) mass is 175 g/mol. The van der Waals surface area contributed by atoms with Gasteiger partial charge in [-0.15, -0.1) is 0 Å². The second kappa shape index (κ2) is 3.15. The van der Waals surface area contributed by atoms with Gasteiger partial charge in [0.1, 0.15) is 6.04 Å². The van der Waals surface area contributed by atoms with Crippen molar-refractivity contribution in [2.45, 2.75) is 12.5 Å². The summed E-state index contributed by atoms with van der Waals surface area (Å²) in [5.74, 6) is 0. The van der Waals surface area contributed by atoms with Gasteiger partial charge in [0, 0.05) is 17.5 Å². The number of benzene rings is 1. The summed E-state index contributed by atoms with van der Waals surface area (Å²) in [6.45, 7) is 0. The van der Waals surface area contributed by atoms with Crippen LogP contribution in [0, 0.1) is 0 Å². The maximum Gasteiger partial charge on any atom is 0.106 e. The van der Waals surface area contributed by atoms with Gasteiger partial charge in [0.2, 0.25) is 0 Å². The van der Waals surface area contributed by atoms with Crippen LogP contribution in [0.3, 0.4) is 0 Å². The van der Waals surface area contributed by atoms with Crippen molar-refractivity contribution in [2.24, 2.45) is 4.99 Å². The quantitative estimate of drug-likeness (QED) is 0.597. The Morgan fingerprint density at radius 3 is 2.58 bits per heavy atom. The SMILES string of the molecule is S=C1CC=NC1c1ccccc1. The Kier molecular flexibility index (Phi) is 2.00. The van der Waals surface area contributed by atoms with Crippen LogP contribution < -0.4 is 0 Å². The molecular formula is C10H9NS. The zero-order chi connectivity index (χ0) is 8.39. The highest BCUT2D eigenvalue weighted by atomic mass is 32.1. The molecule has 1 heterocycles. The Morgan fingerprint density at radius 1 is 1.25 bits per heavy atom. The lowest BCUT2D eigenvalue weighted by atomic mass is 10.1. The molecule has 1 aromatic rings. The van der Waals surface area contributed by atoms with Gasteiger partial charge in [0.15, 0.2) is 0 Å². The average molecular weight is 175 g/mol.